The van der Waals surface area contributed by atoms with Crippen LogP contribution in [0.15, 0.2) is 18.2 Å². The fourth-order valence-corrected chi connectivity index (χ4v) is 1.97. The average Bonchev–Trinajstić information content (AvgIpc) is 2.48. The van der Waals surface area contributed by atoms with Crippen LogP contribution in [0, 0.1) is 10.1 Å². The minimum Gasteiger partial charge on any atom is -0.487 e. The molecule has 0 atom stereocenters. The van der Waals surface area contributed by atoms with Crippen LogP contribution >= 0.6 is 0 Å². The van der Waals surface area contributed by atoms with Gasteiger partial charge in [-0.1, -0.05) is 6.07 Å². The quantitative estimate of drug-likeness (QED) is 0.583. The molecule has 21 heavy (non-hydrogen) atoms. The largest absolute Gasteiger partial charge is 0.487 e. The third kappa shape index (κ3) is 4.16. The molecule has 0 spiro atoms. The maximum absolute atomic E-state index is 12.5. The second-order valence-electron chi connectivity index (χ2n) is 4.31. The Bertz CT molecular complexity index is 504. The minimum atomic E-state index is -0.564. The van der Waals surface area contributed by atoms with E-state index in [9.17, 15) is 14.9 Å². The molecule has 0 saturated heterocycles. The summed E-state index contributed by atoms with van der Waals surface area (Å²) >= 11 is 0. The summed E-state index contributed by atoms with van der Waals surface area (Å²) in [5.41, 5.74) is -0.0493. The van der Waals surface area contributed by atoms with Gasteiger partial charge in [0, 0.05) is 25.8 Å². The number of hydrogen-bond acceptors (Lipinski definition) is 5. The van der Waals surface area contributed by atoms with Gasteiger partial charge in [0.25, 0.3) is 5.91 Å². The van der Waals surface area contributed by atoms with E-state index in [4.69, 9.17) is 9.84 Å². The second-order valence-corrected chi connectivity index (χ2v) is 4.31. The number of hydrogen-bond donors (Lipinski definition) is 1. The zero-order chi connectivity index (χ0) is 15.8. The molecular weight excluding hydrogens is 276 g/mol. The summed E-state index contributed by atoms with van der Waals surface area (Å²) in [6.07, 6.45) is 0.457. The van der Waals surface area contributed by atoms with E-state index in [1.807, 2.05) is 6.92 Å². The van der Waals surface area contributed by atoms with Gasteiger partial charge in [0.15, 0.2) is 0 Å². The number of ether oxygens (including phenoxy) is 1. The summed E-state index contributed by atoms with van der Waals surface area (Å²) in [6, 6.07) is 4.29. The highest BCUT2D eigenvalue weighted by Gasteiger charge is 2.25. The number of rotatable bonds is 8. The van der Waals surface area contributed by atoms with E-state index in [2.05, 4.69) is 0 Å². The van der Waals surface area contributed by atoms with Gasteiger partial charge in [-0.15, -0.1) is 0 Å². The van der Waals surface area contributed by atoms with Crippen LogP contribution < -0.4 is 4.74 Å². The second kappa shape index (κ2) is 8.21. The van der Waals surface area contributed by atoms with Gasteiger partial charge in [-0.3, -0.25) is 14.9 Å². The number of benzene rings is 1. The number of carbonyl (C=O) groups excluding carboxylic acids is 1. The average molecular weight is 296 g/mol. The monoisotopic (exact) mass is 296 g/mol. The van der Waals surface area contributed by atoms with Crippen molar-refractivity contribution < 1.29 is 19.6 Å². The van der Waals surface area contributed by atoms with E-state index < -0.39 is 4.92 Å². The van der Waals surface area contributed by atoms with Crippen molar-refractivity contribution in [3.05, 3.63) is 33.9 Å². The molecule has 1 amide bonds. The van der Waals surface area contributed by atoms with Gasteiger partial charge in [0.2, 0.25) is 5.75 Å². The molecule has 0 unspecified atom stereocenters. The van der Waals surface area contributed by atoms with Crippen LogP contribution in [0.5, 0.6) is 5.75 Å². The first-order chi connectivity index (χ1) is 10.1. The zero-order valence-corrected chi connectivity index (χ0v) is 12.2. The third-order valence-electron chi connectivity index (χ3n) is 2.97. The zero-order valence-electron chi connectivity index (χ0n) is 12.2. The molecule has 7 heteroatoms. The van der Waals surface area contributed by atoms with Gasteiger partial charge in [-0.25, -0.2) is 0 Å². The van der Waals surface area contributed by atoms with Gasteiger partial charge < -0.3 is 14.7 Å². The molecule has 0 bridgehead atoms. The number of aliphatic hydroxyl groups excluding tert-OH is 1. The summed E-state index contributed by atoms with van der Waals surface area (Å²) < 4.78 is 5.31. The van der Waals surface area contributed by atoms with Gasteiger partial charge >= 0.3 is 5.69 Å². The van der Waals surface area contributed by atoms with E-state index in [0.29, 0.717) is 19.5 Å². The number of nitro benzene ring substituents is 1. The Hall–Kier alpha value is -2.15. The standard InChI is InChI=1S/C14H20N2O5/c1-3-15(9-6-10-17)14(18)11-7-5-8-12(16(19)20)13(11)21-4-2/h5,7-8,17H,3-4,6,9-10H2,1-2H3. The lowest BCUT2D eigenvalue weighted by atomic mass is 10.1. The van der Waals surface area contributed by atoms with Crippen molar-refractivity contribution in [2.75, 3.05) is 26.3 Å². The number of carbonyl (C=O) groups is 1. The fraction of sp³-hybridized carbons (Fsp3) is 0.500. The molecule has 0 saturated carbocycles. The van der Waals surface area contributed by atoms with E-state index in [0.717, 1.165) is 0 Å². The Morgan fingerprint density at radius 2 is 2.14 bits per heavy atom. The molecule has 1 aromatic rings. The lowest BCUT2D eigenvalue weighted by Gasteiger charge is -2.21. The Kier molecular flexibility index (Phi) is 6.61. The van der Waals surface area contributed by atoms with Crippen LogP contribution in [0.4, 0.5) is 5.69 Å². The van der Waals surface area contributed by atoms with Crippen LogP contribution in [0.3, 0.4) is 0 Å². The molecule has 0 heterocycles. The van der Waals surface area contributed by atoms with Crippen molar-refractivity contribution in [1.82, 2.24) is 4.90 Å². The first-order valence-corrected chi connectivity index (χ1v) is 6.87. The molecule has 1 N–H and O–H groups in total. The number of para-hydroxylation sites is 1. The molecule has 0 radical (unpaired) electrons. The molecule has 0 aromatic heterocycles. The summed E-state index contributed by atoms with van der Waals surface area (Å²) in [6.45, 7) is 4.57. The molecule has 0 aliphatic rings. The highest BCUT2D eigenvalue weighted by molar-refractivity contribution is 5.98. The van der Waals surface area contributed by atoms with Gasteiger partial charge in [0.1, 0.15) is 0 Å². The predicted molar refractivity (Wildman–Crippen MR) is 77.5 cm³/mol. The van der Waals surface area contributed by atoms with E-state index in [1.165, 1.54) is 23.1 Å². The van der Waals surface area contributed by atoms with Crippen LogP contribution in [-0.2, 0) is 0 Å². The van der Waals surface area contributed by atoms with Crippen LogP contribution in [0.1, 0.15) is 30.6 Å². The van der Waals surface area contributed by atoms with Crippen molar-refractivity contribution in [1.29, 1.82) is 0 Å². The van der Waals surface area contributed by atoms with Crippen molar-refractivity contribution in [3.8, 4) is 5.75 Å². The fourth-order valence-electron chi connectivity index (χ4n) is 1.97. The van der Waals surface area contributed by atoms with Crippen molar-refractivity contribution >= 4 is 11.6 Å². The predicted octanol–water partition coefficient (Wildman–Crippen LogP) is 1.84. The maximum atomic E-state index is 12.5. The van der Waals surface area contributed by atoms with E-state index in [-0.39, 0.29) is 36.1 Å². The van der Waals surface area contributed by atoms with Crippen LogP contribution in [0.2, 0.25) is 0 Å². The molecule has 0 aliphatic carbocycles. The highest BCUT2D eigenvalue weighted by atomic mass is 16.6. The number of aliphatic hydroxyl groups is 1. The molecule has 7 nitrogen and oxygen atoms in total. The lowest BCUT2D eigenvalue weighted by Crippen LogP contribution is -2.32. The summed E-state index contributed by atoms with van der Waals surface area (Å²) in [5.74, 6) is -0.337. The summed E-state index contributed by atoms with van der Waals surface area (Å²) in [4.78, 5) is 24.5. The Labute approximate surface area is 123 Å². The topological polar surface area (TPSA) is 92.9 Å². The van der Waals surface area contributed by atoms with Gasteiger partial charge in [-0.05, 0) is 26.3 Å². The first kappa shape index (κ1) is 16.9. The Balaban J connectivity index is 3.18. The number of amides is 1. The molecule has 0 aliphatic heterocycles. The normalized spacial score (nSPS) is 10.2. The molecular formula is C14H20N2O5. The molecule has 0 fully saturated rings. The van der Waals surface area contributed by atoms with E-state index in [1.54, 1.807) is 6.92 Å². The molecule has 1 rings (SSSR count). The molecule has 1 aromatic carbocycles. The first-order valence-electron chi connectivity index (χ1n) is 6.87. The maximum Gasteiger partial charge on any atom is 0.311 e. The van der Waals surface area contributed by atoms with Crippen molar-refractivity contribution in [3.63, 3.8) is 0 Å². The lowest BCUT2D eigenvalue weighted by molar-refractivity contribution is -0.385. The van der Waals surface area contributed by atoms with Crippen molar-refractivity contribution in [2.24, 2.45) is 0 Å². The van der Waals surface area contributed by atoms with E-state index >= 15 is 0 Å². The third-order valence-corrected chi connectivity index (χ3v) is 2.97. The number of nitrogens with zero attached hydrogens (tertiary/aromatic N) is 2. The Morgan fingerprint density at radius 1 is 1.43 bits per heavy atom. The Morgan fingerprint density at radius 3 is 2.67 bits per heavy atom. The SMILES string of the molecule is CCOc1c(C(=O)N(CC)CCCO)cccc1[N+](=O)[O-]. The highest BCUT2D eigenvalue weighted by Crippen LogP contribution is 2.31. The smallest absolute Gasteiger partial charge is 0.311 e. The summed E-state index contributed by atoms with van der Waals surface area (Å²) in [5, 5.41) is 19.9. The van der Waals surface area contributed by atoms with Gasteiger partial charge in [0.05, 0.1) is 17.1 Å². The van der Waals surface area contributed by atoms with Gasteiger partial charge in [-0.2, -0.15) is 0 Å². The van der Waals surface area contributed by atoms with Crippen LogP contribution in [0.25, 0.3) is 0 Å². The number of nitro groups is 1. The molecule has 116 valence electrons. The summed E-state index contributed by atoms with van der Waals surface area (Å²) in [7, 11) is 0. The van der Waals surface area contributed by atoms with Crippen molar-refractivity contribution in [2.45, 2.75) is 20.3 Å². The minimum absolute atomic E-state index is 0.00236. The van der Waals surface area contributed by atoms with Crippen LogP contribution in [-0.4, -0.2) is 47.1 Å².